The molecule has 3 heterocycles. The van der Waals surface area contributed by atoms with Gasteiger partial charge in [0.25, 0.3) is 0 Å². The number of ether oxygens (including phenoxy) is 7. The molecule has 3 aliphatic heterocycles. The Hall–Kier alpha value is -5.45. The van der Waals surface area contributed by atoms with Crippen molar-refractivity contribution in [2.24, 2.45) is 11.8 Å². The first-order valence-corrected chi connectivity index (χ1v) is 34.7. The van der Waals surface area contributed by atoms with Crippen molar-refractivity contribution in [3.05, 3.63) is 0 Å². The Morgan fingerprint density at radius 2 is 0.788 bits per heavy atom. The molecule has 18 atom stereocenters. The minimum atomic E-state index is -1.48. The molecule has 0 aromatic carbocycles. The zero-order chi connectivity index (χ0) is 73.0. The summed E-state index contributed by atoms with van der Waals surface area (Å²) in [6, 6.07) is -7.41. The highest BCUT2D eigenvalue weighted by Gasteiger charge is 2.48. The number of carbonyl (C=O) groups is 9. The van der Waals surface area contributed by atoms with Crippen LogP contribution in [0.3, 0.4) is 0 Å². The number of aliphatic hydroxyl groups is 10. The number of hydrogen-bond acceptors (Lipinski definition) is 26. The van der Waals surface area contributed by atoms with Gasteiger partial charge in [0.15, 0.2) is 18.9 Å². The average Bonchev–Trinajstić information content (AvgIpc) is 0.833. The minimum absolute atomic E-state index is 0.103. The normalized spacial score (nSPS) is 28.6. The highest BCUT2D eigenvalue weighted by molar-refractivity contribution is 5.93. The van der Waals surface area contributed by atoms with E-state index < -0.39 is 202 Å². The quantitative estimate of drug-likeness (QED) is 0.0253. The van der Waals surface area contributed by atoms with Crippen LogP contribution in [0, 0.1) is 11.8 Å². The third kappa shape index (κ3) is 30.2. The summed E-state index contributed by atoms with van der Waals surface area (Å²) in [5.41, 5.74) is 0. The van der Waals surface area contributed by atoms with Crippen LogP contribution in [0.1, 0.15) is 149 Å². The third-order valence-corrected chi connectivity index (χ3v) is 17.8. The monoisotopic (exact) mass is 1420 g/mol. The number of carbonyl (C=O) groups excluding carboxylic acids is 9. The first-order chi connectivity index (χ1) is 47.4. The zero-order valence-electron chi connectivity index (χ0n) is 57.5. The van der Waals surface area contributed by atoms with Crippen LogP contribution in [-0.2, 0) is 76.3 Å². The van der Waals surface area contributed by atoms with E-state index in [1.165, 1.54) is 20.8 Å². The smallest absolute Gasteiger partial charge is 0.245 e. The molecule has 570 valence electrons. The third-order valence-electron chi connectivity index (χ3n) is 17.8. The highest BCUT2D eigenvalue weighted by atomic mass is 16.7. The largest absolute Gasteiger partial charge is 0.394 e. The van der Waals surface area contributed by atoms with Gasteiger partial charge in [0, 0.05) is 92.7 Å². The first-order valence-electron chi connectivity index (χ1n) is 34.7. The second-order valence-corrected chi connectivity index (χ2v) is 25.8. The van der Waals surface area contributed by atoms with E-state index in [-0.39, 0.29) is 64.6 Å². The number of methoxy groups -OCH3 is 1. The molecule has 0 bridgehead atoms. The topological polar surface area (TPSA) is 529 Å². The SMILES string of the molecule is COCC1CCC(C(=O)N[C@H](CO)C(=O)NC(CCC(=O)NC(CCC(=O)NCCCCCCOC2OC(CO)C(O)C(O)C2NC(C)=O)C(=O)NCCCCCCOC2OC(CO)C(O)C(O)C2NC(C)=O)C(=O)NCCCCCCOC2OC(CO)C(O)C(O)C2NC(C)=O)CC1. The number of rotatable bonds is 46. The Morgan fingerprint density at radius 1 is 0.424 bits per heavy atom. The van der Waals surface area contributed by atoms with Gasteiger partial charge in [-0.1, -0.05) is 38.5 Å². The molecule has 9 amide bonds. The fraction of sp³-hybridized carbons (Fsp3) is 0.859. The van der Waals surface area contributed by atoms with Crippen LogP contribution >= 0.6 is 0 Å². The molecule has 4 fully saturated rings. The van der Waals surface area contributed by atoms with Gasteiger partial charge in [-0.05, 0) is 83.0 Å². The van der Waals surface area contributed by atoms with E-state index in [1.54, 1.807) is 7.11 Å². The molecule has 99 heavy (non-hydrogen) atoms. The van der Waals surface area contributed by atoms with Crippen LogP contribution in [0.15, 0.2) is 0 Å². The van der Waals surface area contributed by atoms with E-state index in [1.807, 2.05) is 0 Å². The van der Waals surface area contributed by atoms with Crippen LogP contribution in [0.25, 0.3) is 0 Å². The van der Waals surface area contributed by atoms with E-state index in [2.05, 4.69) is 47.9 Å². The lowest BCUT2D eigenvalue weighted by atomic mass is 9.82. The predicted molar refractivity (Wildman–Crippen MR) is 347 cm³/mol. The summed E-state index contributed by atoms with van der Waals surface area (Å²) < 4.78 is 39.5. The van der Waals surface area contributed by atoms with Gasteiger partial charge < -0.3 is 132 Å². The summed E-state index contributed by atoms with van der Waals surface area (Å²) in [7, 11) is 1.60. The van der Waals surface area contributed by atoms with Gasteiger partial charge in [0.05, 0.1) is 26.4 Å². The molecular weight excluding hydrogens is 1310 g/mol. The van der Waals surface area contributed by atoms with Crippen LogP contribution in [0.2, 0.25) is 0 Å². The molecule has 0 spiro atoms. The summed E-state index contributed by atoms with van der Waals surface area (Å²) >= 11 is 0. The lowest BCUT2D eigenvalue weighted by Gasteiger charge is -2.42. The van der Waals surface area contributed by atoms with Crippen molar-refractivity contribution >= 4 is 53.2 Å². The van der Waals surface area contributed by atoms with Gasteiger partial charge in [-0.3, -0.25) is 43.2 Å². The summed E-state index contributed by atoms with van der Waals surface area (Å²) in [6.45, 7) is 2.49. The van der Waals surface area contributed by atoms with Gasteiger partial charge in [0.2, 0.25) is 53.2 Å². The number of amides is 9. The Morgan fingerprint density at radius 3 is 1.15 bits per heavy atom. The molecule has 35 heteroatoms. The van der Waals surface area contributed by atoms with Crippen LogP contribution < -0.4 is 47.9 Å². The Kier molecular flexibility index (Phi) is 40.8. The maximum absolute atomic E-state index is 13.9. The molecule has 3 saturated heterocycles. The van der Waals surface area contributed by atoms with E-state index in [0.29, 0.717) is 96.5 Å². The summed E-state index contributed by atoms with van der Waals surface area (Å²) in [5, 5.41) is 126. The van der Waals surface area contributed by atoms with Crippen molar-refractivity contribution in [1.29, 1.82) is 0 Å². The fourth-order valence-corrected chi connectivity index (χ4v) is 12.1. The van der Waals surface area contributed by atoms with Crippen molar-refractivity contribution in [1.82, 2.24) is 47.9 Å². The van der Waals surface area contributed by atoms with E-state index in [0.717, 1.165) is 12.8 Å². The van der Waals surface area contributed by atoms with Gasteiger partial charge in [-0.2, -0.15) is 0 Å². The van der Waals surface area contributed by atoms with Gasteiger partial charge in [-0.15, -0.1) is 0 Å². The maximum Gasteiger partial charge on any atom is 0.245 e. The summed E-state index contributed by atoms with van der Waals surface area (Å²) in [4.78, 5) is 118. The van der Waals surface area contributed by atoms with Crippen LogP contribution in [0.5, 0.6) is 0 Å². The minimum Gasteiger partial charge on any atom is -0.394 e. The van der Waals surface area contributed by atoms with Crippen molar-refractivity contribution < 1.29 is 127 Å². The molecule has 19 N–H and O–H groups in total. The molecule has 4 aliphatic rings. The van der Waals surface area contributed by atoms with E-state index in [9.17, 15) is 94.2 Å². The average molecular weight is 1420 g/mol. The Balaban J connectivity index is 1.36. The van der Waals surface area contributed by atoms with Crippen molar-refractivity contribution in [3.8, 4) is 0 Å². The Labute approximate surface area is 577 Å². The number of aliphatic hydroxyl groups excluding tert-OH is 10. The number of nitrogens with one attached hydrogen (secondary N) is 9. The number of unbranched alkanes of at least 4 members (excludes halogenated alkanes) is 9. The van der Waals surface area contributed by atoms with E-state index >= 15 is 0 Å². The van der Waals surface area contributed by atoms with Crippen molar-refractivity contribution in [2.45, 2.75) is 259 Å². The highest BCUT2D eigenvalue weighted by Crippen LogP contribution is 2.30. The summed E-state index contributed by atoms with van der Waals surface area (Å²) in [5.74, 6) is -5.44. The molecule has 1 saturated carbocycles. The molecule has 35 nitrogen and oxygen atoms in total. The molecular formula is C64H113N9O26. The second-order valence-electron chi connectivity index (χ2n) is 25.8. The standard InChI is InChI=1S/C64H113N9O26/c1-36(78)68-49-55(86)52(83)44(32-75)97-62(49)94-28-14-8-5-11-25-65-47(81)23-21-41(59(90)66-26-12-6-9-15-29-95-63-50(69-37(2)79)56(87)53(84)45(33-76)98-63)71-48(82)24-22-42(72-61(92)43(31-74)73-58(89)40-19-17-39(18-20-40)35-93-4)60(91)67-27-13-7-10-16-30-96-64-51(70-38(3)80)57(88)54(85)46(34-77)99-64/h39-46,49-57,62-64,74-77,83-88H,5-35H2,1-4H3,(H,65,81)(H,66,90)(H,67,91)(H,68,78)(H,69,79)(H,70,80)(H,71,82)(H,72,92)(H,73,89)/t39?,40?,41?,42?,43-,44?,45?,46?,49?,50?,51?,52?,53?,54?,55?,56?,57?,62?,63?,64?/m1/s1. The first kappa shape index (κ1) is 86.0. The van der Waals surface area contributed by atoms with Gasteiger partial charge in [0.1, 0.15) is 91.2 Å². The lowest BCUT2D eigenvalue weighted by molar-refractivity contribution is -0.270. The van der Waals surface area contributed by atoms with Crippen molar-refractivity contribution in [3.63, 3.8) is 0 Å². The lowest BCUT2D eigenvalue weighted by Crippen LogP contribution is -2.64. The molecule has 0 radical (unpaired) electrons. The predicted octanol–water partition coefficient (Wildman–Crippen LogP) is -5.64. The molecule has 0 aromatic rings. The maximum atomic E-state index is 13.9. The van der Waals surface area contributed by atoms with E-state index in [4.69, 9.17) is 33.2 Å². The molecule has 0 aromatic heterocycles. The summed E-state index contributed by atoms with van der Waals surface area (Å²) in [6.07, 6.45) is -7.82. The molecule has 1 aliphatic carbocycles. The van der Waals surface area contributed by atoms with Crippen LogP contribution in [-0.4, -0.2) is 294 Å². The molecule has 17 unspecified atom stereocenters. The molecule has 4 rings (SSSR count). The van der Waals surface area contributed by atoms with Gasteiger partial charge >= 0.3 is 0 Å². The second kappa shape index (κ2) is 46.9. The fourth-order valence-electron chi connectivity index (χ4n) is 12.1. The van der Waals surface area contributed by atoms with Crippen molar-refractivity contribution in [2.75, 3.05) is 79.6 Å². The van der Waals surface area contributed by atoms with Crippen LogP contribution in [0.4, 0.5) is 0 Å². The van der Waals surface area contributed by atoms with Gasteiger partial charge in [-0.25, -0.2) is 0 Å². The number of hydrogen-bond donors (Lipinski definition) is 19. The Bertz CT molecular complexity index is 2440. The zero-order valence-corrected chi connectivity index (χ0v) is 57.5.